The highest BCUT2D eigenvalue weighted by atomic mass is 32.1. The lowest BCUT2D eigenvalue weighted by molar-refractivity contribution is 0.128. The summed E-state index contributed by atoms with van der Waals surface area (Å²) < 4.78 is 6.82. The zero-order chi connectivity index (χ0) is 14.2. The van der Waals surface area contributed by atoms with Crippen LogP contribution in [-0.4, -0.2) is 24.7 Å². The highest BCUT2D eigenvalue weighted by Crippen LogP contribution is 2.25. The summed E-state index contributed by atoms with van der Waals surface area (Å²) in [6.45, 7) is 7.08. The lowest BCUT2D eigenvalue weighted by atomic mass is 10.3. The first-order valence-corrected chi connectivity index (χ1v) is 8.29. The number of rotatable bonds is 9. The minimum Gasteiger partial charge on any atom is -0.381 e. The number of ether oxygens (including phenoxy) is 1. The molecule has 0 aliphatic rings. The van der Waals surface area contributed by atoms with Gasteiger partial charge in [-0.1, -0.05) is 25.5 Å². The molecule has 0 spiro atoms. The molecule has 0 fully saturated rings. The van der Waals surface area contributed by atoms with Crippen LogP contribution in [-0.2, 0) is 4.74 Å². The van der Waals surface area contributed by atoms with E-state index in [0.29, 0.717) is 6.04 Å². The fourth-order valence-electron chi connectivity index (χ4n) is 2.00. The molecule has 110 valence electrons. The van der Waals surface area contributed by atoms with E-state index in [1.165, 1.54) is 11.1 Å². The number of aromatic nitrogens is 1. The first kappa shape index (κ1) is 15.4. The standard InChI is InChI=1S/C16H24N2OS/c1-3-4-11-19-12-7-10-17-13(2)16-18-14-8-5-6-9-15(14)20-16/h5-6,8-9,13,17H,3-4,7,10-12H2,1-2H3. The van der Waals surface area contributed by atoms with Gasteiger partial charge in [-0.15, -0.1) is 11.3 Å². The van der Waals surface area contributed by atoms with Gasteiger partial charge in [0.1, 0.15) is 5.01 Å². The monoisotopic (exact) mass is 292 g/mol. The summed E-state index contributed by atoms with van der Waals surface area (Å²) in [6, 6.07) is 8.62. The lowest BCUT2D eigenvalue weighted by Gasteiger charge is -2.10. The first-order valence-electron chi connectivity index (χ1n) is 7.48. The maximum atomic E-state index is 5.56. The molecule has 1 atom stereocenters. The Morgan fingerprint density at radius 3 is 2.85 bits per heavy atom. The van der Waals surface area contributed by atoms with E-state index in [-0.39, 0.29) is 0 Å². The highest BCUT2D eigenvalue weighted by molar-refractivity contribution is 7.18. The molecule has 0 bridgehead atoms. The number of unbranched alkanes of at least 4 members (excludes halogenated alkanes) is 1. The van der Waals surface area contributed by atoms with Crippen molar-refractivity contribution in [3.8, 4) is 0 Å². The molecular formula is C16H24N2OS. The van der Waals surface area contributed by atoms with Crippen molar-refractivity contribution in [3.63, 3.8) is 0 Å². The van der Waals surface area contributed by atoms with E-state index < -0.39 is 0 Å². The summed E-state index contributed by atoms with van der Waals surface area (Å²) >= 11 is 1.78. The molecule has 0 aliphatic carbocycles. The van der Waals surface area contributed by atoms with Gasteiger partial charge in [0.15, 0.2) is 0 Å². The zero-order valence-electron chi connectivity index (χ0n) is 12.4. The fourth-order valence-corrected chi connectivity index (χ4v) is 3.00. The Morgan fingerprint density at radius 1 is 1.25 bits per heavy atom. The van der Waals surface area contributed by atoms with E-state index in [0.717, 1.165) is 43.1 Å². The Bertz CT molecular complexity index is 479. The van der Waals surface area contributed by atoms with Gasteiger partial charge in [0, 0.05) is 13.2 Å². The Balaban J connectivity index is 1.70. The van der Waals surface area contributed by atoms with Crippen LogP contribution in [0.25, 0.3) is 10.2 Å². The van der Waals surface area contributed by atoms with E-state index in [1.54, 1.807) is 11.3 Å². The summed E-state index contributed by atoms with van der Waals surface area (Å²) in [7, 11) is 0. The van der Waals surface area contributed by atoms with Gasteiger partial charge in [0.05, 0.1) is 16.3 Å². The van der Waals surface area contributed by atoms with E-state index >= 15 is 0 Å². The average Bonchev–Trinajstić information content (AvgIpc) is 2.90. The quantitative estimate of drug-likeness (QED) is 0.705. The van der Waals surface area contributed by atoms with Gasteiger partial charge < -0.3 is 10.1 Å². The van der Waals surface area contributed by atoms with Crippen LogP contribution in [0.5, 0.6) is 0 Å². The highest BCUT2D eigenvalue weighted by Gasteiger charge is 2.10. The van der Waals surface area contributed by atoms with Crippen LogP contribution in [0, 0.1) is 0 Å². The molecule has 1 aromatic carbocycles. The Labute approximate surface area is 125 Å². The van der Waals surface area contributed by atoms with E-state index in [9.17, 15) is 0 Å². The molecule has 3 nitrogen and oxygen atoms in total. The Morgan fingerprint density at radius 2 is 2.05 bits per heavy atom. The zero-order valence-corrected chi connectivity index (χ0v) is 13.2. The summed E-state index contributed by atoms with van der Waals surface area (Å²) in [4.78, 5) is 4.68. The third-order valence-electron chi connectivity index (χ3n) is 3.24. The molecule has 0 saturated carbocycles. The van der Waals surface area contributed by atoms with Gasteiger partial charge in [-0.2, -0.15) is 0 Å². The van der Waals surface area contributed by atoms with Crippen LogP contribution in [0.3, 0.4) is 0 Å². The van der Waals surface area contributed by atoms with E-state index in [2.05, 4.69) is 42.3 Å². The lowest BCUT2D eigenvalue weighted by Crippen LogP contribution is -2.20. The summed E-state index contributed by atoms with van der Waals surface area (Å²) in [5, 5.41) is 4.68. The third kappa shape index (κ3) is 4.54. The normalized spacial score (nSPS) is 12.9. The Kier molecular flexibility index (Phi) is 6.43. The maximum absolute atomic E-state index is 5.56. The van der Waals surface area contributed by atoms with Crippen molar-refractivity contribution in [2.45, 2.75) is 39.2 Å². The largest absolute Gasteiger partial charge is 0.381 e. The van der Waals surface area contributed by atoms with E-state index in [1.807, 2.05) is 6.07 Å². The minimum absolute atomic E-state index is 0.308. The van der Waals surface area contributed by atoms with Crippen LogP contribution in [0.2, 0.25) is 0 Å². The minimum atomic E-state index is 0.308. The van der Waals surface area contributed by atoms with Gasteiger partial charge in [0.25, 0.3) is 0 Å². The molecule has 2 rings (SSSR count). The summed E-state index contributed by atoms with van der Waals surface area (Å²) in [5.74, 6) is 0. The molecule has 1 aromatic heterocycles. The summed E-state index contributed by atoms with van der Waals surface area (Å²) in [5.41, 5.74) is 1.10. The van der Waals surface area contributed by atoms with Crippen LogP contribution in [0.1, 0.15) is 44.2 Å². The van der Waals surface area contributed by atoms with Crippen molar-refractivity contribution in [3.05, 3.63) is 29.3 Å². The SMILES string of the molecule is CCCCOCCCNC(C)c1nc2ccccc2s1. The second-order valence-electron chi connectivity index (χ2n) is 5.02. The number of fused-ring (bicyclic) bond motifs is 1. The molecule has 20 heavy (non-hydrogen) atoms. The molecule has 1 heterocycles. The van der Waals surface area contributed by atoms with Crippen molar-refractivity contribution in [2.75, 3.05) is 19.8 Å². The molecule has 4 heteroatoms. The van der Waals surface area contributed by atoms with Crippen LogP contribution in [0.4, 0.5) is 0 Å². The van der Waals surface area contributed by atoms with Crippen molar-refractivity contribution in [1.29, 1.82) is 0 Å². The van der Waals surface area contributed by atoms with Gasteiger partial charge >= 0.3 is 0 Å². The molecule has 2 aromatic rings. The number of thiazole rings is 1. The topological polar surface area (TPSA) is 34.1 Å². The second-order valence-corrected chi connectivity index (χ2v) is 6.08. The van der Waals surface area contributed by atoms with Crippen LogP contribution < -0.4 is 5.32 Å². The van der Waals surface area contributed by atoms with Crippen molar-refractivity contribution >= 4 is 21.6 Å². The van der Waals surface area contributed by atoms with E-state index in [4.69, 9.17) is 4.74 Å². The number of nitrogens with one attached hydrogen (secondary N) is 1. The number of hydrogen-bond donors (Lipinski definition) is 1. The molecule has 0 saturated heterocycles. The molecule has 0 aliphatic heterocycles. The predicted octanol–water partition coefficient (Wildman–Crippen LogP) is 4.15. The molecule has 1 N–H and O–H groups in total. The Hall–Kier alpha value is -0.970. The van der Waals surface area contributed by atoms with Crippen molar-refractivity contribution in [1.82, 2.24) is 10.3 Å². The van der Waals surface area contributed by atoms with Gasteiger partial charge in [-0.3, -0.25) is 0 Å². The molecule has 0 radical (unpaired) electrons. The molecular weight excluding hydrogens is 268 g/mol. The van der Waals surface area contributed by atoms with Gasteiger partial charge in [0.2, 0.25) is 0 Å². The molecule has 0 amide bonds. The third-order valence-corrected chi connectivity index (χ3v) is 4.46. The smallest absolute Gasteiger partial charge is 0.111 e. The maximum Gasteiger partial charge on any atom is 0.111 e. The van der Waals surface area contributed by atoms with Crippen molar-refractivity contribution in [2.24, 2.45) is 0 Å². The second kappa shape index (κ2) is 8.35. The number of hydrogen-bond acceptors (Lipinski definition) is 4. The van der Waals surface area contributed by atoms with Crippen molar-refractivity contribution < 1.29 is 4.74 Å². The van der Waals surface area contributed by atoms with Crippen LogP contribution >= 0.6 is 11.3 Å². The molecule has 1 unspecified atom stereocenters. The number of nitrogens with zero attached hydrogens (tertiary/aromatic N) is 1. The number of benzene rings is 1. The predicted molar refractivity (Wildman–Crippen MR) is 86.4 cm³/mol. The first-order chi connectivity index (χ1) is 9.81. The average molecular weight is 292 g/mol. The van der Waals surface area contributed by atoms with Gasteiger partial charge in [-0.05, 0) is 38.4 Å². The fraction of sp³-hybridized carbons (Fsp3) is 0.562. The number of para-hydroxylation sites is 1. The summed E-state index contributed by atoms with van der Waals surface area (Å²) in [6.07, 6.45) is 3.42. The van der Waals surface area contributed by atoms with Crippen LogP contribution in [0.15, 0.2) is 24.3 Å². The van der Waals surface area contributed by atoms with Gasteiger partial charge in [-0.25, -0.2) is 4.98 Å².